The van der Waals surface area contributed by atoms with E-state index in [1.807, 2.05) is 38.1 Å². The van der Waals surface area contributed by atoms with Gasteiger partial charge in [0.05, 0.1) is 23.1 Å². The van der Waals surface area contributed by atoms with Crippen molar-refractivity contribution in [1.29, 1.82) is 5.26 Å². The van der Waals surface area contributed by atoms with Gasteiger partial charge < -0.3 is 9.47 Å². The van der Waals surface area contributed by atoms with E-state index in [1.54, 1.807) is 18.2 Å². The Balaban J connectivity index is 1.77. The van der Waals surface area contributed by atoms with E-state index >= 15 is 0 Å². The minimum atomic E-state index is -3.48. The molecule has 0 saturated carbocycles. The molecule has 1 heterocycles. The van der Waals surface area contributed by atoms with E-state index in [0.717, 1.165) is 22.9 Å². The number of hydrogen-bond acceptors (Lipinski definition) is 7. The number of ether oxygens (including phenoxy) is 2. The fourth-order valence-electron chi connectivity index (χ4n) is 3.22. The SMILES string of the molecule is C=COc1c(Cl)cc(C(C)(C)c2ccc(COc3ccnc(NS(C)(=O)=O)n3)cc2)cc1C#N. The number of sulfonamides is 1. The van der Waals surface area contributed by atoms with Gasteiger partial charge in [-0.25, -0.2) is 13.4 Å². The minimum Gasteiger partial charge on any atom is -0.473 e. The minimum absolute atomic E-state index is 0.0583. The van der Waals surface area contributed by atoms with Crippen molar-refractivity contribution >= 4 is 27.6 Å². The molecule has 0 aliphatic carbocycles. The molecule has 0 amide bonds. The lowest BCUT2D eigenvalue weighted by Crippen LogP contribution is -2.19. The Morgan fingerprint density at radius 1 is 1.21 bits per heavy atom. The molecule has 0 aliphatic heterocycles. The second-order valence-electron chi connectivity index (χ2n) is 7.93. The van der Waals surface area contributed by atoms with Gasteiger partial charge in [0, 0.05) is 17.7 Å². The Labute approximate surface area is 203 Å². The fourth-order valence-corrected chi connectivity index (χ4v) is 3.91. The first-order valence-corrected chi connectivity index (χ1v) is 12.3. The second-order valence-corrected chi connectivity index (χ2v) is 10.1. The highest BCUT2D eigenvalue weighted by Crippen LogP contribution is 2.38. The Morgan fingerprint density at radius 2 is 1.91 bits per heavy atom. The molecule has 1 aromatic heterocycles. The lowest BCUT2D eigenvalue weighted by Gasteiger charge is -2.27. The highest BCUT2D eigenvalue weighted by atomic mass is 35.5. The van der Waals surface area contributed by atoms with Crippen molar-refractivity contribution in [1.82, 2.24) is 9.97 Å². The molecule has 0 bridgehead atoms. The molecule has 0 spiro atoms. The van der Waals surface area contributed by atoms with Gasteiger partial charge in [0.1, 0.15) is 12.7 Å². The summed E-state index contributed by atoms with van der Waals surface area (Å²) >= 11 is 6.37. The van der Waals surface area contributed by atoms with E-state index in [4.69, 9.17) is 21.1 Å². The van der Waals surface area contributed by atoms with Crippen LogP contribution in [0.5, 0.6) is 11.6 Å². The van der Waals surface area contributed by atoms with Gasteiger partial charge in [-0.1, -0.05) is 56.3 Å². The van der Waals surface area contributed by atoms with Gasteiger partial charge in [-0.2, -0.15) is 10.2 Å². The summed E-state index contributed by atoms with van der Waals surface area (Å²) in [7, 11) is -3.48. The van der Waals surface area contributed by atoms with Gasteiger partial charge >= 0.3 is 0 Å². The van der Waals surface area contributed by atoms with Crippen molar-refractivity contribution < 1.29 is 17.9 Å². The zero-order chi connectivity index (χ0) is 24.9. The number of hydrogen-bond donors (Lipinski definition) is 1. The summed E-state index contributed by atoms with van der Waals surface area (Å²) in [5, 5.41) is 9.85. The molecular formula is C24H23ClN4O4S. The molecule has 0 aliphatic rings. The van der Waals surface area contributed by atoms with E-state index in [2.05, 4.69) is 27.3 Å². The molecule has 176 valence electrons. The highest BCUT2D eigenvalue weighted by Gasteiger charge is 2.26. The molecule has 3 aromatic rings. The van der Waals surface area contributed by atoms with Gasteiger partial charge in [-0.3, -0.25) is 4.72 Å². The maximum atomic E-state index is 11.3. The molecule has 2 aromatic carbocycles. The third-order valence-corrected chi connectivity index (χ3v) is 5.89. The van der Waals surface area contributed by atoms with Crippen LogP contribution in [0.2, 0.25) is 5.02 Å². The number of aromatic nitrogens is 2. The zero-order valence-electron chi connectivity index (χ0n) is 18.9. The second kappa shape index (κ2) is 10.1. The summed E-state index contributed by atoms with van der Waals surface area (Å²) in [5.74, 6) is 0.467. The third kappa shape index (κ3) is 6.04. The van der Waals surface area contributed by atoms with Crippen LogP contribution in [0.25, 0.3) is 0 Å². The van der Waals surface area contributed by atoms with Crippen LogP contribution in [0, 0.1) is 11.3 Å². The monoisotopic (exact) mass is 498 g/mol. The summed E-state index contributed by atoms with van der Waals surface area (Å²) in [4.78, 5) is 7.89. The first-order chi connectivity index (χ1) is 16.0. The van der Waals surface area contributed by atoms with E-state index in [0.29, 0.717) is 10.6 Å². The molecule has 8 nitrogen and oxygen atoms in total. The molecule has 10 heteroatoms. The van der Waals surface area contributed by atoms with Crippen LogP contribution in [0.15, 0.2) is 61.5 Å². The summed E-state index contributed by atoms with van der Waals surface area (Å²) in [6, 6.07) is 15.0. The molecule has 0 atom stereocenters. The number of halogens is 1. The van der Waals surface area contributed by atoms with Crippen molar-refractivity contribution in [3.8, 4) is 17.7 Å². The molecule has 0 fully saturated rings. The lowest BCUT2D eigenvalue weighted by molar-refractivity contribution is 0.294. The van der Waals surface area contributed by atoms with Gasteiger partial charge in [-0.15, -0.1) is 0 Å². The molecule has 34 heavy (non-hydrogen) atoms. The summed E-state index contributed by atoms with van der Waals surface area (Å²) in [6.07, 6.45) is 3.66. The maximum Gasteiger partial charge on any atom is 0.239 e. The molecule has 3 rings (SSSR count). The maximum absolute atomic E-state index is 11.3. The number of nitriles is 1. The summed E-state index contributed by atoms with van der Waals surface area (Å²) in [5.41, 5.74) is 2.65. The van der Waals surface area contributed by atoms with Crippen molar-refractivity contribution in [2.24, 2.45) is 0 Å². The van der Waals surface area contributed by atoms with E-state index in [-0.39, 0.29) is 24.2 Å². The van der Waals surface area contributed by atoms with Crippen molar-refractivity contribution in [3.05, 3.63) is 88.8 Å². The molecule has 1 N–H and O–H groups in total. The number of nitrogens with zero attached hydrogens (tertiary/aromatic N) is 3. The van der Waals surface area contributed by atoms with Crippen LogP contribution in [-0.2, 0) is 22.0 Å². The molecule has 0 saturated heterocycles. The van der Waals surface area contributed by atoms with E-state index in [9.17, 15) is 13.7 Å². The van der Waals surface area contributed by atoms with Crippen LogP contribution in [0.4, 0.5) is 5.95 Å². The van der Waals surface area contributed by atoms with Gasteiger partial charge in [0.2, 0.25) is 21.9 Å². The number of benzene rings is 2. The van der Waals surface area contributed by atoms with Crippen molar-refractivity contribution in [2.75, 3.05) is 11.0 Å². The predicted molar refractivity (Wildman–Crippen MR) is 130 cm³/mol. The lowest BCUT2D eigenvalue weighted by atomic mass is 9.77. The quantitative estimate of drug-likeness (QED) is 0.421. The smallest absolute Gasteiger partial charge is 0.239 e. The predicted octanol–water partition coefficient (Wildman–Crippen LogP) is 4.80. The molecular weight excluding hydrogens is 476 g/mol. The summed E-state index contributed by atoms with van der Waals surface area (Å²) < 4.78 is 35.9. The van der Waals surface area contributed by atoms with Crippen LogP contribution >= 0.6 is 11.6 Å². The standard InChI is InChI=1S/C24H23ClN4O4S/c1-5-32-22-17(14-26)12-19(13-20(22)25)24(2,3)18-8-6-16(7-9-18)15-33-21-10-11-27-23(28-21)29-34(4,30)31/h5-13H,1,15H2,2-4H3,(H,27,28,29). The number of nitrogens with one attached hydrogen (secondary N) is 1. The number of anilines is 1. The van der Waals surface area contributed by atoms with Gasteiger partial charge in [0.25, 0.3) is 0 Å². The van der Waals surface area contributed by atoms with E-state index < -0.39 is 15.4 Å². The largest absolute Gasteiger partial charge is 0.473 e. The van der Waals surface area contributed by atoms with Crippen molar-refractivity contribution in [3.63, 3.8) is 0 Å². The Bertz CT molecular complexity index is 1350. The first kappa shape index (κ1) is 25.0. The van der Waals surface area contributed by atoms with E-state index in [1.165, 1.54) is 12.5 Å². The first-order valence-electron chi connectivity index (χ1n) is 10.1. The van der Waals surface area contributed by atoms with Crippen LogP contribution in [0.3, 0.4) is 0 Å². The average molecular weight is 499 g/mol. The third-order valence-electron chi connectivity index (χ3n) is 5.06. The normalized spacial score (nSPS) is 11.4. The van der Waals surface area contributed by atoms with Crippen LogP contribution in [0.1, 0.15) is 36.1 Å². The molecule has 0 radical (unpaired) electrons. The highest BCUT2D eigenvalue weighted by molar-refractivity contribution is 7.91. The van der Waals surface area contributed by atoms with Crippen molar-refractivity contribution in [2.45, 2.75) is 25.9 Å². The Morgan fingerprint density at radius 3 is 2.53 bits per heavy atom. The number of rotatable bonds is 9. The average Bonchev–Trinajstić information content (AvgIpc) is 2.78. The van der Waals surface area contributed by atoms with Gasteiger partial charge in [0.15, 0.2) is 5.75 Å². The van der Waals surface area contributed by atoms with Crippen LogP contribution < -0.4 is 14.2 Å². The van der Waals surface area contributed by atoms with Crippen LogP contribution in [-0.4, -0.2) is 24.6 Å². The summed E-state index contributed by atoms with van der Waals surface area (Å²) in [6.45, 7) is 7.82. The Hall–Kier alpha value is -3.61. The zero-order valence-corrected chi connectivity index (χ0v) is 20.4. The Kier molecular flexibility index (Phi) is 7.44. The van der Waals surface area contributed by atoms with Gasteiger partial charge in [-0.05, 0) is 28.8 Å². The topological polar surface area (TPSA) is 114 Å². The molecule has 0 unspecified atom stereocenters. The fraction of sp³-hybridized carbons (Fsp3) is 0.208.